The van der Waals surface area contributed by atoms with Gasteiger partial charge in [0.1, 0.15) is 0 Å². The Balaban J connectivity index is 2.57. The van der Waals surface area contributed by atoms with Crippen molar-refractivity contribution in [2.24, 2.45) is 4.99 Å². The van der Waals surface area contributed by atoms with Crippen LogP contribution in [0.5, 0.6) is 11.5 Å². The van der Waals surface area contributed by atoms with Crippen molar-refractivity contribution in [2.75, 3.05) is 20.8 Å². The van der Waals surface area contributed by atoms with Crippen LogP contribution in [0.4, 0.5) is 0 Å². The summed E-state index contributed by atoms with van der Waals surface area (Å²) in [6.07, 6.45) is 0.850. The van der Waals surface area contributed by atoms with E-state index in [0.29, 0.717) is 23.8 Å². The van der Waals surface area contributed by atoms with E-state index in [0.717, 1.165) is 17.5 Å². The molecule has 0 aliphatic carbocycles. The zero-order valence-electron chi connectivity index (χ0n) is 10.6. The first-order valence-electron chi connectivity index (χ1n) is 5.65. The Labute approximate surface area is 117 Å². The highest BCUT2D eigenvalue weighted by Gasteiger charge is 2.30. The van der Waals surface area contributed by atoms with Crippen LogP contribution in [0.25, 0.3) is 0 Å². The molecule has 0 unspecified atom stereocenters. The molecule has 0 spiro atoms. The highest BCUT2D eigenvalue weighted by atomic mass is 35.5. The first-order valence-corrected chi connectivity index (χ1v) is 6.41. The highest BCUT2D eigenvalue weighted by Crippen LogP contribution is 2.36. The van der Waals surface area contributed by atoms with Crippen LogP contribution in [-0.4, -0.2) is 30.8 Å². The summed E-state index contributed by atoms with van der Waals surface area (Å²) < 4.78 is 9.58. The van der Waals surface area contributed by atoms with E-state index in [-0.39, 0.29) is 0 Å². The Morgan fingerprint density at radius 3 is 2.33 bits per heavy atom. The van der Waals surface area contributed by atoms with Crippen molar-refractivity contribution in [3.8, 4) is 11.5 Å². The van der Waals surface area contributed by atoms with Gasteiger partial charge in [0.25, 0.3) is 0 Å². The summed E-state index contributed by atoms with van der Waals surface area (Å²) in [7, 11) is 3.22. The molecular formula is C13H15Cl2NO2. The fourth-order valence-corrected chi connectivity index (χ4v) is 2.42. The molecule has 0 fully saturated rings. The van der Waals surface area contributed by atoms with Gasteiger partial charge in [0.15, 0.2) is 15.8 Å². The van der Waals surface area contributed by atoms with Crippen molar-refractivity contribution in [2.45, 2.75) is 17.7 Å². The number of fused-ring (bicyclic) bond motifs is 1. The molecular weight excluding hydrogens is 273 g/mol. The fraction of sp³-hybridized carbons (Fsp3) is 0.462. The van der Waals surface area contributed by atoms with Crippen molar-refractivity contribution < 1.29 is 9.47 Å². The molecule has 0 bridgehead atoms. The van der Waals surface area contributed by atoms with Gasteiger partial charge in [-0.15, -0.1) is 0 Å². The maximum absolute atomic E-state index is 6.17. The molecule has 1 aromatic carbocycles. The molecule has 98 valence electrons. The molecule has 0 radical (unpaired) electrons. The minimum absolute atomic E-state index is 0.656. The minimum Gasteiger partial charge on any atom is -0.493 e. The molecule has 1 aromatic rings. The highest BCUT2D eigenvalue weighted by molar-refractivity contribution is 6.60. The maximum Gasteiger partial charge on any atom is 0.161 e. The van der Waals surface area contributed by atoms with E-state index in [1.807, 2.05) is 12.1 Å². The van der Waals surface area contributed by atoms with Crippen LogP contribution in [0.3, 0.4) is 0 Å². The predicted molar refractivity (Wildman–Crippen MR) is 74.8 cm³/mol. The van der Waals surface area contributed by atoms with Gasteiger partial charge in [-0.05, 0) is 31.0 Å². The first kappa shape index (κ1) is 13.5. The Bertz CT molecular complexity index is 492. The normalized spacial score (nSPS) is 14.8. The fourth-order valence-electron chi connectivity index (χ4n) is 2.10. The van der Waals surface area contributed by atoms with Crippen LogP contribution < -0.4 is 9.47 Å². The molecule has 2 rings (SSSR count). The molecule has 18 heavy (non-hydrogen) atoms. The van der Waals surface area contributed by atoms with Gasteiger partial charge in [0.2, 0.25) is 0 Å². The molecule has 1 aliphatic heterocycles. The number of methoxy groups -OCH3 is 2. The number of ether oxygens (including phenoxy) is 2. The van der Waals surface area contributed by atoms with Crippen LogP contribution >= 0.6 is 23.2 Å². The second-order valence-electron chi connectivity index (χ2n) is 4.23. The van der Waals surface area contributed by atoms with Gasteiger partial charge in [-0.25, -0.2) is 0 Å². The predicted octanol–water partition coefficient (Wildman–Crippen LogP) is 3.24. The number of alkyl halides is 2. The van der Waals surface area contributed by atoms with Crippen LogP contribution in [0.1, 0.15) is 18.1 Å². The number of hydrogen-bond acceptors (Lipinski definition) is 3. The second-order valence-corrected chi connectivity index (χ2v) is 5.94. The molecule has 1 heterocycles. The summed E-state index contributed by atoms with van der Waals surface area (Å²) in [5.41, 5.74) is 2.75. The van der Waals surface area contributed by atoms with E-state index in [1.54, 1.807) is 21.1 Å². The van der Waals surface area contributed by atoms with Gasteiger partial charge in [-0.2, -0.15) is 0 Å². The Morgan fingerprint density at radius 1 is 1.17 bits per heavy atom. The number of halogens is 2. The lowest BCUT2D eigenvalue weighted by Gasteiger charge is -2.24. The van der Waals surface area contributed by atoms with Crippen molar-refractivity contribution in [3.63, 3.8) is 0 Å². The van der Waals surface area contributed by atoms with Gasteiger partial charge < -0.3 is 9.47 Å². The summed E-state index contributed by atoms with van der Waals surface area (Å²) in [6.45, 7) is 2.41. The summed E-state index contributed by atoms with van der Waals surface area (Å²) in [6, 6.07) is 3.84. The molecule has 5 heteroatoms. The number of aliphatic imine (C=N–C) groups is 1. The lowest BCUT2D eigenvalue weighted by atomic mass is 9.95. The van der Waals surface area contributed by atoms with E-state index < -0.39 is 4.33 Å². The van der Waals surface area contributed by atoms with Crippen LogP contribution in [-0.2, 0) is 6.42 Å². The second kappa shape index (κ2) is 4.98. The number of nitrogens with zero attached hydrogens (tertiary/aromatic N) is 1. The largest absolute Gasteiger partial charge is 0.493 e. The van der Waals surface area contributed by atoms with Crippen LogP contribution in [0, 0.1) is 0 Å². The number of hydrogen-bond donors (Lipinski definition) is 0. The standard InChI is InChI=1S/C13H15Cl2NO2/c1-13(14,15)12-9-7-11(18-3)10(17-2)6-8(9)4-5-16-12/h6-7H,4-5H2,1-3H3. The Kier molecular flexibility index (Phi) is 3.74. The third kappa shape index (κ3) is 2.43. The average Bonchev–Trinajstić information content (AvgIpc) is 2.35. The summed E-state index contributed by atoms with van der Waals surface area (Å²) in [5.74, 6) is 1.37. The average molecular weight is 288 g/mol. The van der Waals surface area contributed by atoms with E-state index >= 15 is 0 Å². The van der Waals surface area contributed by atoms with E-state index in [2.05, 4.69) is 4.99 Å². The Morgan fingerprint density at radius 2 is 1.78 bits per heavy atom. The lowest BCUT2D eigenvalue weighted by molar-refractivity contribution is 0.354. The van der Waals surface area contributed by atoms with E-state index in [1.165, 1.54) is 0 Å². The van der Waals surface area contributed by atoms with Gasteiger partial charge in [-0.3, -0.25) is 4.99 Å². The minimum atomic E-state index is -1.01. The first-order chi connectivity index (χ1) is 8.47. The topological polar surface area (TPSA) is 30.8 Å². The molecule has 0 atom stereocenters. The maximum atomic E-state index is 6.17. The third-order valence-corrected chi connectivity index (χ3v) is 3.29. The molecule has 3 nitrogen and oxygen atoms in total. The van der Waals surface area contributed by atoms with Gasteiger partial charge >= 0.3 is 0 Å². The zero-order valence-corrected chi connectivity index (χ0v) is 12.1. The summed E-state index contributed by atoms with van der Waals surface area (Å²) >= 11 is 12.3. The van der Waals surface area contributed by atoms with Gasteiger partial charge in [-0.1, -0.05) is 23.2 Å². The number of rotatable bonds is 3. The van der Waals surface area contributed by atoms with Crippen LogP contribution in [0.2, 0.25) is 0 Å². The summed E-state index contributed by atoms with van der Waals surface area (Å²) in [4.78, 5) is 4.43. The monoisotopic (exact) mass is 287 g/mol. The van der Waals surface area contributed by atoms with Crippen molar-refractivity contribution in [1.82, 2.24) is 0 Å². The van der Waals surface area contributed by atoms with Crippen molar-refractivity contribution >= 4 is 28.9 Å². The van der Waals surface area contributed by atoms with Crippen LogP contribution in [0.15, 0.2) is 17.1 Å². The summed E-state index contributed by atoms with van der Waals surface area (Å²) in [5, 5.41) is 0. The van der Waals surface area contributed by atoms with Gasteiger partial charge in [0.05, 0.1) is 19.9 Å². The lowest BCUT2D eigenvalue weighted by Crippen LogP contribution is -2.27. The molecule has 0 aromatic heterocycles. The third-order valence-electron chi connectivity index (χ3n) is 2.93. The zero-order chi connectivity index (χ0) is 13.3. The van der Waals surface area contributed by atoms with E-state index in [4.69, 9.17) is 32.7 Å². The van der Waals surface area contributed by atoms with E-state index in [9.17, 15) is 0 Å². The molecule has 0 saturated heterocycles. The van der Waals surface area contributed by atoms with Crippen molar-refractivity contribution in [3.05, 3.63) is 23.3 Å². The molecule has 1 aliphatic rings. The molecule has 0 saturated carbocycles. The molecule has 0 amide bonds. The SMILES string of the molecule is COc1cc2c(cc1OC)C(C(C)(Cl)Cl)=NCC2. The van der Waals surface area contributed by atoms with Crippen molar-refractivity contribution in [1.29, 1.82) is 0 Å². The van der Waals surface area contributed by atoms with Gasteiger partial charge in [0, 0.05) is 12.1 Å². The number of benzene rings is 1. The smallest absolute Gasteiger partial charge is 0.161 e. The quantitative estimate of drug-likeness (QED) is 0.799. The molecule has 0 N–H and O–H groups in total. The Hall–Kier alpha value is -0.930.